The van der Waals surface area contributed by atoms with E-state index in [4.69, 9.17) is 4.84 Å². The lowest BCUT2D eigenvalue weighted by molar-refractivity contribution is -0.110. The fourth-order valence-electron chi connectivity index (χ4n) is 5.26. The van der Waals surface area contributed by atoms with Gasteiger partial charge in [-0.1, -0.05) is 36.8 Å². The number of amides is 2. The van der Waals surface area contributed by atoms with Crippen LogP contribution in [0.15, 0.2) is 66.7 Å². The van der Waals surface area contributed by atoms with Gasteiger partial charge in [-0.2, -0.15) is 0 Å². The molecule has 0 spiro atoms. The van der Waals surface area contributed by atoms with E-state index in [-0.39, 0.29) is 17.4 Å². The number of carboxylic acids is 1. The van der Waals surface area contributed by atoms with E-state index in [1.165, 1.54) is 25.3 Å². The Morgan fingerprint density at radius 1 is 0.976 bits per heavy atom. The van der Waals surface area contributed by atoms with Crippen LogP contribution < -0.4 is 16.1 Å². The predicted molar refractivity (Wildman–Crippen MR) is 158 cm³/mol. The molecule has 0 bridgehead atoms. The molecular weight excluding hydrogens is 520 g/mol. The molecule has 0 radical (unpaired) electrons. The molecule has 4 N–H and O–H groups in total. The molecule has 3 aromatic rings. The first-order chi connectivity index (χ1) is 19.9. The highest BCUT2D eigenvalue weighted by Gasteiger charge is 2.30. The SMILES string of the molecule is Cc1cc2c(cc1C(=O)O)NC(=O)/C2=C(\Nc1ccc(C(=O)NOCCCN2CCCCC2)cc1)c1ccccc1. The first-order valence-corrected chi connectivity index (χ1v) is 13.9. The number of anilines is 2. The monoisotopic (exact) mass is 554 g/mol. The lowest BCUT2D eigenvalue weighted by Crippen LogP contribution is -2.32. The van der Waals surface area contributed by atoms with E-state index in [0.717, 1.165) is 31.6 Å². The van der Waals surface area contributed by atoms with Crippen molar-refractivity contribution < 1.29 is 24.3 Å². The first kappa shape index (κ1) is 28.1. The van der Waals surface area contributed by atoms with E-state index < -0.39 is 5.97 Å². The number of fused-ring (bicyclic) bond motifs is 1. The molecule has 2 aliphatic rings. The summed E-state index contributed by atoms with van der Waals surface area (Å²) in [6.07, 6.45) is 4.66. The van der Waals surface area contributed by atoms with Crippen LogP contribution in [0.3, 0.4) is 0 Å². The molecule has 3 aromatic carbocycles. The normalized spacial score (nSPS) is 16.1. The number of rotatable bonds is 10. The largest absolute Gasteiger partial charge is 0.478 e. The molecule has 9 heteroatoms. The maximum absolute atomic E-state index is 13.2. The van der Waals surface area contributed by atoms with Crippen molar-refractivity contribution in [3.8, 4) is 0 Å². The number of carboxylic acid groups (broad SMARTS) is 1. The zero-order valence-corrected chi connectivity index (χ0v) is 23.0. The molecule has 2 amide bonds. The van der Waals surface area contributed by atoms with E-state index in [2.05, 4.69) is 21.0 Å². The highest BCUT2D eigenvalue weighted by molar-refractivity contribution is 6.37. The standard InChI is InChI=1S/C32H34N4O5/c1-21-19-26-27(20-25(21)32(39)40)34-31(38)28(26)29(22-9-4-2-5-10-22)33-24-13-11-23(12-14-24)30(37)35-41-18-8-17-36-15-6-3-7-16-36/h2,4-5,9-14,19-20,33H,3,6-8,15-18H2,1H3,(H,34,38)(H,35,37)(H,39,40)/b29-28-. The molecule has 1 fully saturated rings. The number of benzene rings is 3. The minimum absolute atomic E-state index is 0.138. The van der Waals surface area contributed by atoms with Crippen LogP contribution in [-0.4, -0.2) is 54.0 Å². The van der Waals surface area contributed by atoms with Crippen molar-refractivity contribution in [3.05, 3.63) is 94.5 Å². The van der Waals surface area contributed by atoms with Crippen LogP contribution in [0.1, 0.15) is 63.1 Å². The number of hydrogen-bond donors (Lipinski definition) is 4. The minimum atomic E-state index is -1.05. The van der Waals surface area contributed by atoms with Crippen LogP contribution in [0.5, 0.6) is 0 Å². The molecule has 0 aromatic heterocycles. The number of piperidine rings is 1. The van der Waals surface area contributed by atoms with Crippen molar-refractivity contribution in [2.24, 2.45) is 0 Å². The number of nitrogens with zero attached hydrogens (tertiary/aromatic N) is 1. The summed E-state index contributed by atoms with van der Waals surface area (Å²) in [5, 5.41) is 15.7. The number of nitrogens with one attached hydrogen (secondary N) is 3. The summed E-state index contributed by atoms with van der Waals surface area (Å²) < 4.78 is 0. The highest BCUT2D eigenvalue weighted by Crippen LogP contribution is 2.39. The zero-order valence-electron chi connectivity index (χ0n) is 23.0. The Labute approximate surface area is 239 Å². The van der Waals surface area contributed by atoms with Crippen molar-refractivity contribution in [3.63, 3.8) is 0 Å². The van der Waals surface area contributed by atoms with Gasteiger partial charge in [0.05, 0.1) is 29.1 Å². The lowest BCUT2D eigenvalue weighted by Gasteiger charge is -2.26. The fraction of sp³-hybridized carbons (Fsp3) is 0.281. The van der Waals surface area contributed by atoms with Crippen LogP contribution >= 0.6 is 0 Å². The Morgan fingerprint density at radius 2 is 1.71 bits per heavy atom. The average Bonchev–Trinajstić information content (AvgIpc) is 3.30. The van der Waals surface area contributed by atoms with E-state index >= 15 is 0 Å². The Kier molecular flexibility index (Phi) is 8.76. The van der Waals surface area contributed by atoms with Gasteiger partial charge >= 0.3 is 5.97 Å². The van der Waals surface area contributed by atoms with Crippen LogP contribution in [0, 0.1) is 6.92 Å². The number of carbonyl (C=O) groups is 3. The number of aromatic carboxylic acids is 1. The van der Waals surface area contributed by atoms with Gasteiger partial charge in [0.25, 0.3) is 11.8 Å². The summed E-state index contributed by atoms with van der Waals surface area (Å²) in [6.45, 7) is 5.41. The molecule has 0 aliphatic carbocycles. The van der Waals surface area contributed by atoms with Gasteiger partial charge in [-0.05, 0) is 86.8 Å². The van der Waals surface area contributed by atoms with Gasteiger partial charge in [0, 0.05) is 23.4 Å². The van der Waals surface area contributed by atoms with Crippen molar-refractivity contribution in [1.82, 2.24) is 10.4 Å². The van der Waals surface area contributed by atoms with Crippen molar-refractivity contribution in [2.75, 3.05) is 36.9 Å². The Morgan fingerprint density at radius 3 is 2.41 bits per heavy atom. The first-order valence-electron chi connectivity index (χ1n) is 13.9. The quantitative estimate of drug-likeness (QED) is 0.155. The second-order valence-electron chi connectivity index (χ2n) is 10.3. The molecule has 5 rings (SSSR count). The molecular formula is C32H34N4O5. The number of hydrogen-bond acceptors (Lipinski definition) is 6. The summed E-state index contributed by atoms with van der Waals surface area (Å²) in [7, 11) is 0. The lowest BCUT2D eigenvalue weighted by atomic mass is 9.96. The molecule has 41 heavy (non-hydrogen) atoms. The smallest absolute Gasteiger partial charge is 0.336 e. The van der Waals surface area contributed by atoms with Gasteiger partial charge in [0.15, 0.2) is 0 Å². The predicted octanol–water partition coefficient (Wildman–Crippen LogP) is 5.16. The van der Waals surface area contributed by atoms with Crippen molar-refractivity contribution in [1.29, 1.82) is 0 Å². The number of aryl methyl sites for hydroxylation is 1. The number of hydroxylamine groups is 1. The van der Waals surface area contributed by atoms with Crippen molar-refractivity contribution in [2.45, 2.75) is 32.6 Å². The third-order valence-electron chi connectivity index (χ3n) is 7.40. The molecule has 0 atom stereocenters. The minimum Gasteiger partial charge on any atom is -0.478 e. The Balaban J connectivity index is 1.30. The topological polar surface area (TPSA) is 120 Å². The van der Waals surface area contributed by atoms with Crippen LogP contribution in [0.4, 0.5) is 11.4 Å². The second kappa shape index (κ2) is 12.8. The molecule has 1 saturated heterocycles. The summed E-state index contributed by atoms with van der Waals surface area (Å²) in [4.78, 5) is 45.2. The maximum atomic E-state index is 13.2. The van der Waals surface area contributed by atoms with Gasteiger partial charge < -0.3 is 20.6 Å². The summed E-state index contributed by atoms with van der Waals surface area (Å²) in [5.41, 5.74) is 7.17. The molecule has 0 saturated carbocycles. The van der Waals surface area contributed by atoms with Crippen LogP contribution in [0.25, 0.3) is 11.3 Å². The van der Waals surface area contributed by atoms with E-state index in [1.807, 2.05) is 30.3 Å². The van der Waals surface area contributed by atoms with Crippen LogP contribution in [0.2, 0.25) is 0 Å². The maximum Gasteiger partial charge on any atom is 0.336 e. The average molecular weight is 555 g/mol. The van der Waals surface area contributed by atoms with E-state index in [0.29, 0.717) is 45.9 Å². The fourth-order valence-corrected chi connectivity index (χ4v) is 5.26. The summed E-state index contributed by atoms with van der Waals surface area (Å²) in [6, 6.07) is 19.5. The second-order valence-corrected chi connectivity index (χ2v) is 10.3. The third-order valence-corrected chi connectivity index (χ3v) is 7.40. The molecule has 0 unspecified atom stereocenters. The number of carbonyl (C=O) groups excluding carboxylic acids is 2. The Bertz CT molecular complexity index is 1460. The van der Waals surface area contributed by atoms with Gasteiger partial charge in [-0.25, -0.2) is 10.3 Å². The van der Waals surface area contributed by atoms with Gasteiger partial charge in [0.2, 0.25) is 0 Å². The highest BCUT2D eigenvalue weighted by atomic mass is 16.6. The molecule has 2 heterocycles. The van der Waals surface area contributed by atoms with Crippen LogP contribution in [-0.2, 0) is 9.63 Å². The summed E-state index contributed by atoms with van der Waals surface area (Å²) >= 11 is 0. The van der Waals surface area contributed by atoms with Gasteiger partial charge in [-0.3, -0.25) is 14.4 Å². The van der Waals surface area contributed by atoms with E-state index in [9.17, 15) is 19.5 Å². The van der Waals surface area contributed by atoms with Crippen molar-refractivity contribution >= 4 is 40.4 Å². The van der Waals surface area contributed by atoms with E-state index in [1.54, 1.807) is 37.3 Å². The molecule has 212 valence electrons. The molecule has 2 aliphatic heterocycles. The zero-order chi connectivity index (χ0) is 28.8. The third kappa shape index (κ3) is 6.65. The summed E-state index contributed by atoms with van der Waals surface area (Å²) in [5.74, 6) is -1.71. The molecule has 9 nitrogen and oxygen atoms in total. The Hall–Kier alpha value is -4.47. The van der Waals surface area contributed by atoms with Gasteiger partial charge in [0.1, 0.15) is 0 Å². The number of likely N-dealkylation sites (tertiary alicyclic amines) is 1. The van der Waals surface area contributed by atoms with Gasteiger partial charge in [-0.15, -0.1) is 0 Å².